The van der Waals surface area contributed by atoms with Crippen LogP contribution in [0.15, 0.2) is 58.3 Å². The molecule has 0 bridgehead atoms. The van der Waals surface area contributed by atoms with Gasteiger partial charge in [-0.05, 0) is 51.4 Å². The molecule has 0 aromatic heterocycles. The molecule has 0 spiro atoms. The zero-order valence-corrected chi connectivity index (χ0v) is 19.3. The van der Waals surface area contributed by atoms with Gasteiger partial charge in [0.25, 0.3) is 20.2 Å². The molecule has 2 atom stereocenters. The van der Waals surface area contributed by atoms with Crippen molar-refractivity contribution in [3.63, 3.8) is 0 Å². The Morgan fingerprint density at radius 1 is 0.935 bits per heavy atom. The lowest BCUT2D eigenvalue weighted by Crippen LogP contribution is -2.43. The van der Waals surface area contributed by atoms with Crippen molar-refractivity contribution in [1.29, 1.82) is 0 Å². The highest BCUT2D eigenvalue weighted by Gasteiger charge is 2.39. The lowest BCUT2D eigenvalue weighted by atomic mass is 9.84. The predicted molar refractivity (Wildman–Crippen MR) is 117 cm³/mol. The Morgan fingerprint density at radius 2 is 1.42 bits per heavy atom. The number of hydrogen-bond donors (Lipinski definition) is 1. The Morgan fingerprint density at radius 3 is 1.90 bits per heavy atom. The number of benzene rings is 2. The van der Waals surface area contributed by atoms with E-state index in [1.54, 1.807) is 29.1 Å². The standard InChI is InChI=1S/C20H26BNO7S2/c1-15-4-8-19(9-5-15)30(24,25)28-14-17-12-18(13-22(17)21(3)23)29-31(26,27)20-10-6-16(2)7-11-20/h4-11,17-18,23H,12-14H2,1-3H3/t17-,18+/m0/s1. The van der Waals surface area contributed by atoms with E-state index in [2.05, 4.69) is 0 Å². The van der Waals surface area contributed by atoms with Crippen LogP contribution in [0, 0.1) is 13.8 Å². The molecule has 1 aliphatic rings. The molecule has 1 N–H and O–H groups in total. The van der Waals surface area contributed by atoms with E-state index in [-0.39, 0.29) is 29.4 Å². The van der Waals surface area contributed by atoms with Gasteiger partial charge in [-0.2, -0.15) is 16.8 Å². The Balaban J connectivity index is 1.68. The highest BCUT2D eigenvalue weighted by Crippen LogP contribution is 2.26. The Bertz CT molecular complexity index is 1100. The highest BCUT2D eigenvalue weighted by molar-refractivity contribution is 7.87. The van der Waals surface area contributed by atoms with Crippen molar-refractivity contribution in [3.05, 3.63) is 59.7 Å². The van der Waals surface area contributed by atoms with Crippen LogP contribution in [0.3, 0.4) is 0 Å². The predicted octanol–water partition coefficient (Wildman–Crippen LogP) is 1.97. The minimum absolute atomic E-state index is 0.0365. The van der Waals surface area contributed by atoms with Gasteiger partial charge in [0.05, 0.1) is 22.5 Å². The SMILES string of the molecule is CB(O)N1C[C@H](OS(=O)(=O)c2ccc(C)cc2)C[C@H]1COS(=O)(=O)c1ccc(C)cc1. The number of nitrogens with zero attached hydrogens (tertiary/aromatic N) is 1. The lowest BCUT2D eigenvalue weighted by molar-refractivity contribution is 0.218. The first-order valence-electron chi connectivity index (χ1n) is 9.88. The van der Waals surface area contributed by atoms with Gasteiger partial charge in [0.15, 0.2) is 0 Å². The fourth-order valence-electron chi connectivity index (χ4n) is 3.47. The molecule has 11 heteroatoms. The van der Waals surface area contributed by atoms with Gasteiger partial charge < -0.3 is 9.83 Å². The summed E-state index contributed by atoms with van der Waals surface area (Å²) < 4.78 is 60.7. The molecule has 1 aliphatic heterocycles. The molecule has 2 aromatic rings. The maximum atomic E-state index is 12.6. The van der Waals surface area contributed by atoms with Gasteiger partial charge in [-0.3, -0.25) is 8.37 Å². The molecule has 2 aromatic carbocycles. The van der Waals surface area contributed by atoms with Gasteiger partial charge in [-0.1, -0.05) is 35.4 Å². The fourth-order valence-corrected chi connectivity index (χ4v) is 5.49. The van der Waals surface area contributed by atoms with E-state index >= 15 is 0 Å². The summed E-state index contributed by atoms with van der Waals surface area (Å²) in [7, 11) is -8.90. The molecule has 31 heavy (non-hydrogen) atoms. The molecule has 168 valence electrons. The lowest BCUT2D eigenvalue weighted by Gasteiger charge is -2.24. The summed E-state index contributed by atoms with van der Waals surface area (Å²) in [4.78, 5) is 1.65. The largest absolute Gasteiger partial charge is 0.437 e. The fraction of sp³-hybridized carbons (Fsp3) is 0.400. The monoisotopic (exact) mass is 467 g/mol. The third kappa shape index (κ3) is 5.94. The average molecular weight is 467 g/mol. The van der Waals surface area contributed by atoms with E-state index in [9.17, 15) is 21.9 Å². The van der Waals surface area contributed by atoms with Crippen molar-refractivity contribution < 1.29 is 30.2 Å². The molecule has 1 heterocycles. The van der Waals surface area contributed by atoms with Crippen molar-refractivity contribution in [2.45, 2.75) is 49.0 Å². The van der Waals surface area contributed by atoms with Gasteiger partial charge in [0.2, 0.25) is 0 Å². The first kappa shape index (κ1) is 23.9. The minimum Gasteiger partial charge on any atom is -0.437 e. The van der Waals surface area contributed by atoms with Crippen LogP contribution in [-0.2, 0) is 28.6 Å². The summed E-state index contributed by atoms with van der Waals surface area (Å²) in [6.45, 7) is 5.12. The Labute approximate surface area is 184 Å². The summed E-state index contributed by atoms with van der Waals surface area (Å²) in [6.07, 6.45) is -0.545. The molecular formula is C20H26BNO7S2. The van der Waals surface area contributed by atoms with E-state index in [1.807, 2.05) is 13.8 Å². The van der Waals surface area contributed by atoms with Crippen LogP contribution in [-0.4, -0.2) is 59.0 Å². The molecule has 8 nitrogen and oxygen atoms in total. The van der Waals surface area contributed by atoms with Crippen molar-refractivity contribution in [2.75, 3.05) is 13.2 Å². The molecule has 1 saturated heterocycles. The van der Waals surface area contributed by atoms with Crippen LogP contribution in [0.5, 0.6) is 0 Å². The summed E-state index contributed by atoms with van der Waals surface area (Å²) in [5.41, 5.74) is 1.84. The molecule has 3 rings (SSSR count). The average Bonchev–Trinajstić information content (AvgIpc) is 3.09. The van der Waals surface area contributed by atoms with Gasteiger partial charge >= 0.3 is 7.05 Å². The molecule has 0 aliphatic carbocycles. The molecule has 0 amide bonds. The van der Waals surface area contributed by atoms with Crippen molar-refractivity contribution in [3.8, 4) is 0 Å². The van der Waals surface area contributed by atoms with E-state index in [4.69, 9.17) is 8.37 Å². The van der Waals surface area contributed by atoms with Crippen LogP contribution in [0.1, 0.15) is 17.5 Å². The summed E-state index contributed by atoms with van der Waals surface area (Å²) in [5.74, 6) is 0. The van der Waals surface area contributed by atoms with Crippen LogP contribution in [0.25, 0.3) is 0 Å². The van der Waals surface area contributed by atoms with Crippen molar-refractivity contribution >= 4 is 27.3 Å². The van der Waals surface area contributed by atoms with Crippen molar-refractivity contribution in [2.24, 2.45) is 0 Å². The quantitative estimate of drug-likeness (QED) is 0.464. The second-order valence-corrected chi connectivity index (χ2v) is 10.9. The second-order valence-electron chi connectivity index (χ2n) is 7.76. The normalized spacial score (nSPS) is 20.1. The topological polar surface area (TPSA) is 110 Å². The zero-order chi connectivity index (χ0) is 22.8. The highest BCUT2D eigenvalue weighted by atomic mass is 32.2. The zero-order valence-electron chi connectivity index (χ0n) is 17.6. The first-order chi connectivity index (χ1) is 14.5. The molecular weight excluding hydrogens is 441 g/mol. The van der Waals surface area contributed by atoms with E-state index in [0.717, 1.165) is 11.1 Å². The first-order valence-corrected chi connectivity index (χ1v) is 12.7. The van der Waals surface area contributed by atoms with Crippen LogP contribution in [0.2, 0.25) is 6.82 Å². The molecule has 1 fully saturated rings. The number of aryl methyl sites for hydroxylation is 2. The maximum absolute atomic E-state index is 12.6. The molecule has 0 radical (unpaired) electrons. The summed E-state index contributed by atoms with van der Waals surface area (Å²) in [6, 6.07) is 12.1. The van der Waals surface area contributed by atoms with Crippen LogP contribution in [0.4, 0.5) is 0 Å². The Kier molecular flexibility index (Phi) is 7.24. The van der Waals surface area contributed by atoms with Gasteiger partial charge in [0.1, 0.15) is 0 Å². The number of rotatable bonds is 8. The minimum atomic E-state index is -3.99. The number of hydrogen-bond acceptors (Lipinski definition) is 8. The summed E-state index contributed by atoms with van der Waals surface area (Å²) >= 11 is 0. The Hall–Kier alpha value is -1.76. The van der Waals surface area contributed by atoms with E-state index in [1.165, 1.54) is 31.1 Å². The third-order valence-corrected chi connectivity index (χ3v) is 7.87. The van der Waals surface area contributed by atoms with E-state index in [0.29, 0.717) is 0 Å². The van der Waals surface area contributed by atoms with Gasteiger partial charge in [-0.25, -0.2) is 0 Å². The molecule has 0 unspecified atom stereocenters. The van der Waals surface area contributed by atoms with Crippen LogP contribution < -0.4 is 0 Å². The van der Waals surface area contributed by atoms with Gasteiger partial charge in [0, 0.05) is 12.6 Å². The maximum Gasteiger partial charge on any atom is 0.376 e. The van der Waals surface area contributed by atoms with Crippen molar-refractivity contribution in [1.82, 2.24) is 4.81 Å². The van der Waals surface area contributed by atoms with E-state index < -0.39 is 39.4 Å². The molecule has 0 saturated carbocycles. The third-order valence-electron chi connectivity index (χ3n) is 5.20. The van der Waals surface area contributed by atoms with Crippen LogP contribution >= 0.6 is 0 Å². The summed E-state index contributed by atoms with van der Waals surface area (Å²) in [5, 5.41) is 10.1. The van der Waals surface area contributed by atoms with Gasteiger partial charge in [-0.15, -0.1) is 0 Å². The smallest absolute Gasteiger partial charge is 0.376 e. The second kappa shape index (κ2) is 9.39.